The standard InChI is InChI=1S/C13H19FN2/c1-3-6-15-8-12-9(2)16-13-5-4-10(14)7-11(12)13/h4-5,7,9,12,15-16H,3,6,8H2,1-2H3. The molecule has 0 saturated heterocycles. The fraction of sp³-hybridized carbons (Fsp3) is 0.538. The largest absolute Gasteiger partial charge is 0.382 e. The molecule has 1 aromatic rings. The van der Waals surface area contributed by atoms with Crippen LogP contribution in [0.5, 0.6) is 0 Å². The lowest BCUT2D eigenvalue weighted by Gasteiger charge is -2.16. The molecule has 0 spiro atoms. The molecule has 0 aliphatic carbocycles. The van der Waals surface area contributed by atoms with Gasteiger partial charge in [0, 0.05) is 24.2 Å². The Hall–Kier alpha value is -1.09. The second-order valence-electron chi connectivity index (χ2n) is 4.48. The van der Waals surface area contributed by atoms with Crippen LogP contribution in [0.15, 0.2) is 18.2 Å². The van der Waals surface area contributed by atoms with Crippen molar-refractivity contribution in [1.82, 2.24) is 5.32 Å². The summed E-state index contributed by atoms with van der Waals surface area (Å²) in [5.41, 5.74) is 2.19. The van der Waals surface area contributed by atoms with Gasteiger partial charge in [-0.15, -0.1) is 0 Å². The summed E-state index contributed by atoms with van der Waals surface area (Å²) < 4.78 is 13.2. The van der Waals surface area contributed by atoms with E-state index >= 15 is 0 Å². The molecule has 1 aliphatic rings. The third kappa shape index (κ3) is 2.19. The minimum absolute atomic E-state index is 0.143. The van der Waals surface area contributed by atoms with Crippen molar-refractivity contribution in [3.63, 3.8) is 0 Å². The lowest BCUT2D eigenvalue weighted by Crippen LogP contribution is -2.28. The number of anilines is 1. The Kier molecular flexibility index (Phi) is 3.44. The van der Waals surface area contributed by atoms with Crippen LogP contribution < -0.4 is 10.6 Å². The van der Waals surface area contributed by atoms with E-state index in [0.717, 1.165) is 30.8 Å². The molecule has 0 amide bonds. The summed E-state index contributed by atoms with van der Waals surface area (Å²) in [5.74, 6) is 0.229. The zero-order valence-corrected chi connectivity index (χ0v) is 9.89. The molecule has 1 aliphatic heterocycles. The van der Waals surface area contributed by atoms with Crippen LogP contribution in [-0.2, 0) is 0 Å². The van der Waals surface area contributed by atoms with E-state index in [-0.39, 0.29) is 5.82 Å². The molecule has 0 radical (unpaired) electrons. The zero-order chi connectivity index (χ0) is 11.5. The summed E-state index contributed by atoms with van der Waals surface area (Å²) >= 11 is 0. The van der Waals surface area contributed by atoms with E-state index in [2.05, 4.69) is 24.5 Å². The van der Waals surface area contributed by atoms with Crippen molar-refractivity contribution < 1.29 is 4.39 Å². The van der Waals surface area contributed by atoms with Crippen LogP contribution in [-0.4, -0.2) is 19.1 Å². The Morgan fingerprint density at radius 3 is 3.00 bits per heavy atom. The molecule has 16 heavy (non-hydrogen) atoms. The number of nitrogens with one attached hydrogen (secondary N) is 2. The lowest BCUT2D eigenvalue weighted by molar-refractivity contribution is 0.549. The van der Waals surface area contributed by atoms with E-state index in [1.165, 1.54) is 6.07 Å². The number of fused-ring (bicyclic) bond motifs is 1. The molecule has 3 heteroatoms. The van der Waals surface area contributed by atoms with Gasteiger partial charge in [-0.2, -0.15) is 0 Å². The number of halogens is 1. The van der Waals surface area contributed by atoms with Crippen molar-refractivity contribution in [3.05, 3.63) is 29.6 Å². The fourth-order valence-corrected chi connectivity index (χ4v) is 2.31. The zero-order valence-electron chi connectivity index (χ0n) is 9.89. The average Bonchev–Trinajstić information content (AvgIpc) is 2.56. The van der Waals surface area contributed by atoms with Crippen LogP contribution in [0.3, 0.4) is 0 Å². The summed E-state index contributed by atoms with van der Waals surface area (Å²) in [5, 5.41) is 6.80. The van der Waals surface area contributed by atoms with Crippen molar-refractivity contribution in [2.75, 3.05) is 18.4 Å². The van der Waals surface area contributed by atoms with Gasteiger partial charge in [0.25, 0.3) is 0 Å². The first-order valence-electron chi connectivity index (χ1n) is 5.99. The molecule has 2 N–H and O–H groups in total. The molecular formula is C13H19FN2. The minimum atomic E-state index is -0.143. The van der Waals surface area contributed by atoms with Gasteiger partial charge in [0.2, 0.25) is 0 Å². The Balaban J connectivity index is 2.11. The number of hydrogen-bond donors (Lipinski definition) is 2. The highest BCUT2D eigenvalue weighted by Crippen LogP contribution is 2.35. The van der Waals surface area contributed by atoms with Crippen LogP contribution in [0.2, 0.25) is 0 Å². The van der Waals surface area contributed by atoms with Gasteiger partial charge in [0.1, 0.15) is 5.82 Å². The highest BCUT2D eigenvalue weighted by Gasteiger charge is 2.28. The number of benzene rings is 1. The van der Waals surface area contributed by atoms with E-state index in [4.69, 9.17) is 0 Å². The summed E-state index contributed by atoms with van der Waals surface area (Å²) in [7, 11) is 0. The number of rotatable bonds is 4. The van der Waals surface area contributed by atoms with Crippen LogP contribution in [0, 0.1) is 5.82 Å². The predicted molar refractivity (Wildman–Crippen MR) is 65.4 cm³/mol. The van der Waals surface area contributed by atoms with Gasteiger partial charge >= 0.3 is 0 Å². The van der Waals surface area contributed by atoms with Crippen molar-refractivity contribution in [2.45, 2.75) is 32.2 Å². The van der Waals surface area contributed by atoms with Gasteiger partial charge < -0.3 is 10.6 Å². The summed E-state index contributed by atoms with van der Waals surface area (Å²) in [4.78, 5) is 0. The first kappa shape index (κ1) is 11.4. The van der Waals surface area contributed by atoms with Gasteiger partial charge in [-0.25, -0.2) is 4.39 Å². The van der Waals surface area contributed by atoms with Crippen molar-refractivity contribution >= 4 is 5.69 Å². The van der Waals surface area contributed by atoms with Gasteiger partial charge in [0.15, 0.2) is 0 Å². The molecule has 2 rings (SSSR count). The van der Waals surface area contributed by atoms with Gasteiger partial charge in [0.05, 0.1) is 0 Å². The van der Waals surface area contributed by atoms with Crippen molar-refractivity contribution in [1.29, 1.82) is 0 Å². The molecule has 2 atom stereocenters. The van der Waals surface area contributed by atoms with E-state index in [9.17, 15) is 4.39 Å². The molecule has 2 unspecified atom stereocenters. The first-order chi connectivity index (χ1) is 7.72. The minimum Gasteiger partial charge on any atom is -0.382 e. The van der Waals surface area contributed by atoms with Gasteiger partial charge in [-0.05, 0) is 43.7 Å². The third-order valence-electron chi connectivity index (χ3n) is 3.19. The van der Waals surface area contributed by atoms with Crippen molar-refractivity contribution in [3.8, 4) is 0 Å². The molecule has 0 bridgehead atoms. The highest BCUT2D eigenvalue weighted by molar-refractivity contribution is 5.59. The Bertz CT molecular complexity index is 365. The second-order valence-corrected chi connectivity index (χ2v) is 4.48. The highest BCUT2D eigenvalue weighted by atomic mass is 19.1. The lowest BCUT2D eigenvalue weighted by atomic mass is 9.96. The normalized spacial score (nSPS) is 22.9. The van der Waals surface area contributed by atoms with E-state index in [1.54, 1.807) is 6.07 Å². The smallest absolute Gasteiger partial charge is 0.123 e. The molecule has 2 nitrogen and oxygen atoms in total. The maximum atomic E-state index is 13.2. The Morgan fingerprint density at radius 2 is 2.25 bits per heavy atom. The molecule has 88 valence electrons. The monoisotopic (exact) mass is 222 g/mol. The average molecular weight is 222 g/mol. The second kappa shape index (κ2) is 4.83. The maximum absolute atomic E-state index is 13.2. The van der Waals surface area contributed by atoms with Crippen LogP contribution in [0.4, 0.5) is 10.1 Å². The van der Waals surface area contributed by atoms with Crippen LogP contribution >= 0.6 is 0 Å². The molecule has 0 saturated carbocycles. The first-order valence-corrected chi connectivity index (χ1v) is 5.99. The third-order valence-corrected chi connectivity index (χ3v) is 3.19. The van der Waals surface area contributed by atoms with Gasteiger partial charge in [-0.1, -0.05) is 6.92 Å². The molecule has 1 heterocycles. The quantitative estimate of drug-likeness (QED) is 0.765. The molecular weight excluding hydrogens is 203 g/mol. The molecule has 0 aromatic heterocycles. The predicted octanol–water partition coefficient (Wildman–Crippen LogP) is 2.72. The van der Waals surface area contributed by atoms with E-state index in [1.807, 2.05) is 6.07 Å². The van der Waals surface area contributed by atoms with E-state index in [0.29, 0.717) is 12.0 Å². The summed E-state index contributed by atoms with van der Waals surface area (Å²) in [6.45, 7) is 6.24. The Labute approximate surface area is 96.2 Å². The molecule has 1 aromatic carbocycles. The van der Waals surface area contributed by atoms with E-state index < -0.39 is 0 Å². The number of hydrogen-bond acceptors (Lipinski definition) is 2. The van der Waals surface area contributed by atoms with Crippen LogP contribution in [0.1, 0.15) is 31.7 Å². The Morgan fingerprint density at radius 1 is 1.44 bits per heavy atom. The fourth-order valence-electron chi connectivity index (χ4n) is 2.31. The topological polar surface area (TPSA) is 24.1 Å². The van der Waals surface area contributed by atoms with Gasteiger partial charge in [-0.3, -0.25) is 0 Å². The maximum Gasteiger partial charge on any atom is 0.123 e. The van der Waals surface area contributed by atoms with Crippen LogP contribution in [0.25, 0.3) is 0 Å². The SMILES string of the molecule is CCCNCC1c2cc(F)ccc2NC1C. The summed E-state index contributed by atoms with van der Waals surface area (Å²) in [6.07, 6.45) is 1.13. The summed E-state index contributed by atoms with van der Waals surface area (Å²) in [6, 6.07) is 5.38. The van der Waals surface area contributed by atoms with Crippen molar-refractivity contribution in [2.24, 2.45) is 0 Å². The molecule has 0 fully saturated rings.